The Kier molecular flexibility index (Phi) is 3.33. The van der Waals surface area contributed by atoms with Crippen molar-refractivity contribution in [2.75, 3.05) is 32.4 Å². The number of nitrogen functional groups attached to an aromatic ring is 1. The summed E-state index contributed by atoms with van der Waals surface area (Å²) in [7, 11) is 1.75. The Hall–Kier alpha value is -2.08. The van der Waals surface area contributed by atoms with Gasteiger partial charge in [-0.2, -0.15) is 0 Å². The molecular weight excluding hydrogens is 286 g/mol. The van der Waals surface area contributed by atoms with Gasteiger partial charge in [0, 0.05) is 30.2 Å². The molecule has 0 atom stereocenters. The highest BCUT2D eigenvalue weighted by Gasteiger charge is 2.28. The van der Waals surface area contributed by atoms with Gasteiger partial charge in [0.05, 0.1) is 5.69 Å². The summed E-state index contributed by atoms with van der Waals surface area (Å²) in [5.74, 6) is -0.182. The molecule has 2 heterocycles. The average Bonchev–Trinajstić information content (AvgIpc) is 2.77. The number of amides is 2. The van der Waals surface area contributed by atoms with Crippen LogP contribution in [0.3, 0.4) is 0 Å². The summed E-state index contributed by atoms with van der Waals surface area (Å²) < 4.78 is 1.01. The van der Waals surface area contributed by atoms with Crippen molar-refractivity contribution in [3.8, 4) is 0 Å². The molecule has 1 aliphatic heterocycles. The van der Waals surface area contributed by atoms with Gasteiger partial charge < -0.3 is 15.5 Å². The van der Waals surface area contributed by atoms with Gasteiger partial charge in [0.2, 0.25) is 5.91 Å². The normalized spacial score (nSPS) is 15.8. The standard InChI is InChI=1S/C15H17N3O2S/c1-9-3-4-10-11(7-9)21-14(13(10)16)15(20)18-6-5-17(2)12(19)8-18/h3-4,7H,5-6,8,16H2,1-2H3. The highest BCUT2D eigenvalue weighted by molar-refractivity contribution is 7.21. The lowest BCUT2D eigenvalue weighted by Gasteiger charge is -2.31. The number of hydrogen-bond donors (Lipinski definition) is 1. The molecule has 2 amide bonds. The molecule has 110 valence electrons. The van der Waals surface area contributed by atoms with Crippen molar-refractivity contribution in [3.63, 3.8) is 0 Å². The summed E-state index contributed by atoms with van der Waals surface area (Å²) >= 11 is 1.40. The minimum Gasteiger partial charge on any atom is -0.397 e. The summed E-state index contributed by atoms with van der Waals surface area (Å²) in [6.45, 7) is 3.25. The van der Waals surface area contributed by atoms with Gasteiger partial charge in [-0.15, -0.1) is 11.3 Å². The molecule has 1 fully saturated rings. The Morgan fingerprint density at radius 2 is 2.10 bits per heavy atom. The molecule has 0 radical (unpaired) electrons. The van der Waals surface area contributed by atoms with Crippen molar-refractivity contribution in [1.29, 1.82) is 0 Å². The van der Waals surface area contributed by atoms with E-state index in [2.05, 4.69) is 0 Å². The molecule has 6 heteroatoms. The van der Waals surface area contributed by atoms with Crippen LogP contribution in [0.25, 0.3) is 10.1 Å². The maximum Gasteiger partial charge on any atom is 0.266 e. The van der Waals surface area contributed by atoms with Crippen molar-refractivity contribution >= 4 is 38.9 Å². The second kappa shape index (κ2) is 5.04. The summed E-state index contributed by atoms with van der Waals surface area (Å²) in [6, 6.07) is 5.96. The number of nitrogens with two attached hydrogens (primary N) is 1. The fourth-order valence-corrected chi connectivity index (χ4v) is 3.65. The maximum absolute atomic E-state index is 12.6. The molecule has 21 heavy (non-hydrogen) atoms. The van der Waals surface area contributed by atoms with E-state index in [1.165, 1.54) is 11.3 Å². The molecular formula is C15H17N3O2S. The van der Waals surface area contributed by atoms with Crippen LogP contribution in [0.5, 0.6) is 0 Å². The molecule has 2 N–H and O–H groups in total. The molecule has 1 aliphatic rings. The Morgan fingerprint density at radius 3 is 2.81 bits per heavy atom. The monoisotopic (exact) mass is 303 g/mol. The number of rotatable bonds is 1. The van der Waals surface area contributed by atoms with Crippen LogP contribution < -0.4 is 5.73 Å². The van der Waals surface area contributed by atoms with Crippen LogP contribution in [-0.2, 0) is 4.79 Å². The Bertz CT molecular complexity index is 738. The van der Waals surface area contributed by atoms with Crippen molar-refractivity contribution in [2.24, 2.45) is 0 Å². The van der Waals surface area contributed by atoms with Gasteiger partial charge in [0.25, 0.3) is 5.91 Å². The molecule has 0 spiro atoms. The summed E-state index contributed by atoms with van der Waals surface area (Å²) in [5.41, 5.74) is 7.78. The van der Waals surface area contributed by atoms with E-state index in [4.69, 9.17) is 5.73 Å². The van der Waals surface area contributed by atoms with Gasteiger partial charge in [-0.1, -0.05) is 12.1 Å². The van der Waals surface area contributed by atoms with Crippen LogP contribution in [0.15, 0.2) is 18.2 Å². The molecule has 1 aromatic carbocycles. The Morgan fingerprint density at radius 1 is 1.33 bits per heavy atom. The highest BCUT2D eigenvalue weighted by Crippen LogP contribution is 2.35. The zero-order chi connectivity index (χ0) is 15.1. The van der Waals surface area contributed by atoms with Crippen LogP contribution >= 0.6 is 11.3 Å². The lowest BCUT2D eigenvalue weighted by Crippen LogP contribution is -2.50. The van der Waals surface area contributed by atoms with E-state index < -0.39 is 0 Å². The van der Waals surface area contributed by atoms with Crippen molar-refractivity contribution in [3.05, 3.63) is 28.6 Å². The zero-order valence-electron chi connectivity index (χ0n) is 12.0. The predicted molar refractivity (Wildman–Crippen MR) is 84.5 cm³/mol. The maximum atomic E-state index is 12.6. The highest BCUT2D eigenvalue weighted by atomic mass is 32.1. The van der Waals surface area contributed by atoms with E-state index >= 15 is 0 Å². The second-order valence-corrected chi connectivity index (χ2v) is 6.44. The van der Waals surface area contributed by atoms with E-state index in [-0.39, 0.29) is 18.4 Å². The van der Waals surface area contributed by atoms with Crippen LogP contribution in [-0.4, -0.2) is 48.3 Å². The third-order valence-electron chi connectivity index (χ3n) is 3.82. The number of aryl methyl sites for hydroxylation is 1. The van der Waals surface area contributed by atoms with Crippen LogP contribution in [0.1, 0.15) is 15.2 Å². The van der Waals surface area contributed by atoms with Crippen LogP contribution in [0.2, 0.25) is 0 Å². The summed E-state index contributed by atoms with van der Waals surface area (Å²) in [6.07, 6.45) is 0. The zero-order valence-corrected chi connectivity index (χ0v) is 12.9. The SMILES string of the molecule is Cc1ccc2c(N)c(C(=O)N3CCN(C)C(=O)C3)sc2c1. The number of piperazine rings is 1. The van der Waals surface area contributed by atoms with Gasteiger partial charge >= 0.3 is 0 Å². The molecule has 1 saturated heterocycles. The number of nitrogens with zero attached hydrogens (tertiary/aromatic N) is 2. The number of carbonyl (C=O) groups excluding carboxylic acids is 2. The lowest BCUT2D eigenvalue weighted by atomic mass is 10.1. The number of anilines is 1. The number of thiophene rings is 1. The number of hydrogen-bond acceptors (Lipinski definition) is 4. The predicted octanol–water partition coefficient (Wildman–Crippen LogP) is 1.71. The molecule has 0 unspecified atom stereocenters. The summed E-state index contributed by atoms with van der Waals surface area (Å²) in [4.78, 5) is 28.1. The average molecular weight is 303 g/mol. The fraction of sp³-hybridized carbons (Fsp3) is 0.333. The molecule has 0 bridgehead atoms. The van der Waals surface area contributed by atoms with Crippen LogP contribution in [0.4, 0.5) is 5.69 Å². The lowest BCUT2D eigenvalue weighted by molar-refractivity contribution is -0.133. The van der Waals surface area contributed by atoms with E-state index in [0.717, 1.165) is 15.6 Å². The van der Waals surface area contributed by atoms with Crippen molar-refractivity contribution < 1.29 is 9.59 Å². The minimum absolute atomic E-state index is 0.0369. The quantitative estimate of drug-likeness (QED) is 0.872. The van der Waals surface area contributed by atoms with E-state index in [9.17, 15) is 9.59 Å². The van der Waals surface area contributed by atoms with Crippen molar-refractivity contribution in [1.82, 2.24) is 9.80 Å². The molecule has 0 saturated carbocycles. The van der Waals surface area contributed by atoms with Crippen molar-refractivity contribution in [2.45, 2.75) is 6.92 Å². The van der Waals surface area contributed by atoms with E-state index in [0.29, 0.717) is 23.7 Å². The molecule has 2 aromatic rings. The largest absolute Gasteiger partial charge is 0.397 e. The van der Waals surface area contributed by atoms with Gasteiger partial charge in [-0.25, -0.2) is 0 Å². The first-order valence-electron chi connectivity index (χ1n) is 6.79. The van der Waals surface area contributed by atoms with Crippen LogP contribution in [0, 0.1) is 6.92 Å². The summed E-state index contributed by atoms with van der Waals surface area (Å²) in [5, 5.41) is 0.911. The first-order chi connectivity index (χ1) is 9.97. The second-order valence-electron chi connectivity index (χ2n) is 5.39. The Labute approximate surface area is 126 Å². The van der Waals surface area contributed by atoms with E-state index in [1.807, 2.05) is 25.1 Å². The van der Waals surface area contributed by atoms with E-state index in [1.54, 1.807) is 16.8 Å². The van der Waals surface area contributed by atoms with Gasteiger partial charge in [0.1, 0.15) is 11.4 Å². The molecule has 3 rings (SSSR count). The topological polar surface area (TPSA) is 66.6 Å². The van der Waals surface area contributed by atoms with Gasteiger partial charge in [0.15, 0.2) is 0 Å². The van der Waals surface area contributed by atoms with Gasteiger partial charge in [-0.3, -0.25) is 9.59 Å². The third-order valence-corrected chi connectivity index (χ3v) is 4.98. The smallest absolute Gasteiger partial charge is 0.266 e. The number of likely N-dealkylation sites (N-methyl/N-ethyl adjacent to an activating group) is 1. The molecule has 0 aliphatic carbocycles. The van der Waals surface area contributed by atoms with Gasteiger partial charge in [-0.05, 0) is 18.6 Å². The number of benzene rings is 1. The third kappa shape index (κ3) is 2.35. The minimum atomic E-state index is -0.146. The number of carbonyl (C=O) groups is 2. The first kappa shape index (κ1) is 13.9. The first-order valence-corrected chi connectivity index (χ1v) is 7.61. The fourth-order valence-electron chi connectivity index (χ4n) is 2.46. The Balaban J connectivity index is 1.95. The molecule has 5 nitrogen and oxygen atoms in total. The number of fused-ring (bicyclic) bond motifs is 1. The molecule has 1 aromatic heterocycles.